The number of carbonyl (C=O) groups is 3. The zero-order chi connectivity index (χ0) is 20.1. The quantitative estimate of drug-likeness (QED) is 0.602. The number of likely N-dealkylation sites (tertiary alicyclic amines) is 1. The number of amides is 2. The lowest BCUT2D eigenvalue weighted by Gasteiger charge is -2.27. The van der Waals surface area contributed by atoms with Crippen LogP contribution in [-0.4, -0.2) is 60.5 Å². The van der Waals surface area contributed by atoms with Gasteiger partial charge in [0.1, 0.15) is 17.2 Å². The molecule has 2 amide bonds. The highest BCUT2D eigenvalue weighted by Gasteiger charge is 2.41. The fourth-order valence-corrected chi connectivity index (χ4v) is 2.71. The summed E-state index contributed by atoms with van der Waals surface area (Å²) < 4.78 is 15.4. The first kappa shape index (κ1) is 22.1. The SMILES string of the molecule is COC(=O)C1CC(CCNC(=O)OC(C)(C)C)CN1C(=O)OC(C)(C)C. The topological polar surface area (TPSA) is 94.2 Å². The molecule has 0 bridgehead atoms. The van der Waals surface area contributed by atoms with E-state index in [-0.39, 0.29) is 5.92 Å². The van der Waals surface area contributed by atoms with Crippen LogP contribution in [0.4, 0.5) is 9.59 Å². The summed E-state index contributed by atoms with van der Waals surface area (Å²) in [6, 6.07) is -0.665. The minimum Gasteiger partial charge on any atom is -0.467 e. The largest absolute Gasteiger partial charge is 0.467 e. The van der Waals surface area contributed by atoms with Crippen LogP contribution in [0.15, 0.2) is 0 Å². The van der Waals surface area contributed by atoms with Crippen LogP contribution in [0.3, 0.4) is 0 Å². The number of nitrogens with zero attached hydrogens (tertiary/aromatic N) is 1. The number of hydrogen-bond donors (Lipinski definition) is 1. The van der Waals surface area contributed by atoms with E-state index in [0.29, 0.717) is 25.9 Å². The molecule has 1 aliphatic heterocycles. The molecule has 26 heavy (non-hydrogen) atoms. The lowest BCUT2D eigenvalue weighted by Crippen LogP contribution is -2.43. The summed E-state index contributed by atoms with van der Waals surface area (Å²) in [6.07, 6.45) is 0.0769. The molecule has 0 radical (unpaired) electrons. The Bertz CT molecular complexity index is 521. The second-order valence-electron chi connectivity index (χ2n) is 8.49. The molecule has 1 fully saturated rings. The molecule has 8 heteroatoms. The second-order valence-corrected chi connectivity index (χ2v) is 8.49. The van der Waals surface area contributed by atoms with Gasteiger partial charge in [-0.1, -0.05) is 0 Å². The molecule has 1 rings (SSSR count). The molecule has 150 valence electrons. The van der Waals surface area contributed by atoms with Crippen molar-refractivity contribution in [3.63, 3.8) is 0 Å². The van der Waals surface area contributed by atoms with Crippen molar-refractivity contribution in [2.24, 2.45) is 5.92 Å². The van der Waals surface area contributed by atoms with Crippen molar-refractivity contribution in [2.75, 3.05) is 20.2 Å². The minimum atomic E-state index is -0.665. The summed E-state index contributed by atoms with van der Waals surface area (Å²) in [5.41, 5.74) is -1.20. The molecule has 0 aliphatic carbocycles. The number of ether oxygens (including phenoxy) is 3. The first-order valence-electron chi connectivity index (χ1n) is 8.86. The molecule has 1 N–H and O–H groups in total. The fourth-order valence-electron chi connectivity index (χ4n) is 2.71. The summed E-state index contributed by atoms with van der Waals surface area (Å²) in [4.78, 5) is 37.5. The van der Waals surface area contributed by atoms with Crippen LogP contribution >= 0.6 is 0 Å². The van der Waals surface area contributed by atoms with E-state index in [2.05, 4.69) is 5.32 Å². The molecule has 0 spiro atoms. The molecule has 0 aromatic rings. The highest BCUT2D eigenvalue weighted by Crippen LogP contribution is 2.28. The van der Waals surface area contributed by atoms with E-state index in [0.717, 1.165) is 0 Å². The lowest BCUT2D eigenvalue weighted by molar-refractivity contribution is -0.145. The normalized spacial score (nSPS) is 20.5. The van der Waals surface area contributed by atoms with Gasteiger partial charge in [0.2, 0.25) is 0 Å². The predicted molar refractivity (Wildman–Crippen MR) is 95.7 cm³/mol. The first-order valence-corrected chi connectivity index (χ1v) is 8.86. The van der Waals surface area contributed by atoms with Gasteiger partial charge in [0.15, 0.2) is 0 Å². The van der Waals surface area contributed by atoms with E-state index in [1.54, 1.807) is 41.5 Å². The average Bonchev–Trinajstić information content (AvgIpc) is 2.87. The smallest absolute Gasteiger partial charge is 0.411 e. The second kappa shape index (κ2) is 8.60. The fraction of sp³-hybridized carbons (Fsp3) is 0.833. The average molecular weight is 372 g/mol. The third-order valence-corrected chi connectivity index (χ3v) is 3.71. The summed E-state index contributed by atoms with van der Waals surface area (Å²) in [5.74, 6) is -0.403. The van der Waals surface area contributed by atoms with Gasteiger partial charge in [-0.3, -0.25) is 4.90 Å². The van der Waals surface area contributed by atoms with Gasteiger partial charge in [0.05, 0.1) is 7.11 Å². The van der Waals surface area contributed by atoms with Crippen LogP contribution in [0, 0.1) is 5.92 Å². The van der Waals surface area contributed by atoms with Crippen LogP contribution in [-0.2, 0) is 19.0 Å². The van der Waals surface area contributed by atoms with Crippen LogP contribution in [0.25, 0.3) is 0 Å². The summed E-state index contributed by atoms with van der Waals surface area (Å²) in [7, 11) is 1.30. The van der Waals surface area contributed by atoms with Gasteiger partial charge in [-0.25, -0.2) is 14.4 Å². The van der Waals surface area contributed by atoms with Gasteiger partial charge in [0, 0.05) is 13.1 Å². The Kier molecular flexibility index (Phi) is 7.29. The zero-order valence-corrected chi connectivity index (χ0v) is 16.9. The van der Waals surface area contributed by atoms with Gasteiger partial charge in [-0.2, -0.15) is 0 Å². The number of alkyl carbamates (subject to hydrolysis) is 1. The van der Waals surface area contributed by atoms with E-state index in [4.69, 9.17) is 14.2 Å². The molecule has 1 saturated heterocycles. The Hall–Kier alpha value is -1.99. The van der Waals surface area contributed by atoms with Gasteiger partial charge in [-0.05, 0) is 60.3 Å². The third kappa shape index (κ3) is 7.49. The van der Waals surface area contributed by atoms with Crippen LogP contribution < -0.4 is 5.32 Å². The lowest BCUT2D eigenvalue weighted by atomic mass is 10.0. The Morgan fingerprint density at radius 2 is 1.62 bits per heavy atom. The molecule has 0 aromatic heterocycles. The molecule has 1 heterocycles. The molecule has 2 atom stereocenters. The highest BCUT2D eigenvalue weighted by molar-refractivity contribution is 5.82. The van der Waals surface area contributed by atoms with E-state index in [9.17, 15) is 14.4 Å². The monoisotopic (exact) mass is 372 g/mol. The van der Waals surface area contributed by atoms with Crippen molar-refractivity contribution in [3.8, 4) is 0 Å². The van der Waals surface area contributed by atoms with Crippen molar-refractivity contribution in [2.45, 2.75) is 71.6 Å². The number of nitrogens with one attached hydrogen (secondary N) is 1. The van der Waals surface area contributed by atoms with E-state index >= 15 is 0 Å². The minimum absolute atomic E-state index is 0.0570. The van der Waals surface area contributed by atoms with Gasteiger partial charge >= 0.3 is 18.2 Å². The van der Waals surface area contributed by atoms with Gasteiger partial charge < -0.3 is 19.5 Å². The van der Waals surface area contributed by atoms with Crippen molar-refractivity contribution in [1.29, 1.82) is 0 Å². The van der Waals surface area contributed by atoms with Gasteiger partial charge in [0.25, 0.3) is 0 Å². The maximum absolute atomic E-state index is 12.4. The Morgan fingerprint density at radius 1 is 1.04 bits per heavy atom. The summed E-state index contributed by atoms with van der Waals surface area (Å²) >= 11 is 0. The number of carbonyl (C=O) groups excluding carboxylic acids is 3. The Labute approximate surface area is 155 Å². The molecule has 0 aromatic carbocycles. The Balaban J connectivity index is 2.60. The number of methoxy groups -OCH3 is 1. The highest BCUT2D eigenvalue weighted by atomic mass is 16.6. The van der Waals surface area contributed by atoms with Crippen LogP contribution in [0.1, 0.15) is 54.4 Å². The molecular weight excluding hydrogens is 340 g/mol. The third-order valence-electron chi connectivity index (χ3n) is 3.71. The maximum Gasteiger partial charge on any atom is 0.411 e. The summed E-state index contributed by atoms with van der Waals surface area (Å²) in [5, 5.41) is 2.69. The summed E-state index contributed by atoms with van der Waals surface area (Å²) in [6.45, 7) is 11.5. The zero-order valence-electron chi connectivity index (χ0n) is 16.9. The van der Waals surface area contributed by atoms with E-state index in [1.165, 1.54) is 12.0 Å². The number of esters is 1. The maximum atomic E-state index is 12.4. The molecule has 1 aliphatic rings. The number of rotatable bonds is 4. The van der Waals surface area contributed by atoms with Crippen LogP contribution in [0.2, 0.25) is 0 Å². The molecule has 0 saturated carbocycles. The number of hydrogen-bond acceptors (Lipinski definition) is 6. The van der Waals surface area contributed by atoms with Crippen molar-refractivity contribution < 1.29 is 28.6 Å². The molecular formula is C18H32N2O6. The standard InChI is InChI=1S/C18H32N2O6/c1-17(2,3)25-15(22)19-9-8-12-10-13(14(21)24-7)20(11-12)16(23)26-18(4,5)6/h12-13H,8-11H2,1-7H3,(H,19,22). The first-order chi connectivity index (χ1) is 11.8. The van der Waals surface area contributed by atoms with Crippen molar-refractivity contribution in [3.05, 3.63) is 0 Å². The van der Waals surface area contributed by atoms with Crippen molar-refractivity contribution in [1.82, 2.24) is 10.2 Å². The van der Waals surface area contributed by atoms with E-state index < -0.39 is 35.4 Å². The Morgan fingerprint density at radius 3 is 2.12 bits per heavy atom. The van der Waals surface area contributed by atoms with E-state index in [1.807, 2.05) is 0 Å². The predicted octanol–water partition coefficient (Wildman–Crippen LogP) is 2.70. The molecule has 8 nitrogen and oxygen atoms in total. The van der Waals surface area contributed by atoms with Gasteiger partial charge in [-0.15, -0.1) is 0 Å². The molecule has 2 unspecified atom stereocenters. The van der Waals surface area contributed by atoms with Crippen molar-refractivity contribution >= 4 is 18.2 Å². The van der Waals surface area contributed by atoms with Crippen LogP contribution in [0.5, 0.6) is 0 Å².